The van der Waals surface area contributed by atoms with Crippen molar-refractivity contribution in [3.05, 3.63) is 24.5 Å². The van der Waals surface area contributed by atoms with E-state index in [4.69, 9.17) is 9.15 Å². The number of aromatic nitrogens is 1. The second-order valence-electron chi connectivity index (χ2n) is 3.15. The fraction of sp³-hybridized carbons (Fsp3) is 0.273. The second-order valence-corrected chi connectivity index (χ2v) is 3.94. The summed E-state index contributed by atoms with van der Waals surface area (Å²) in [6, 6.07) is 5.83. The van der Waals surface area contributed by atoms with Crippen molar-refractivity contribution in [1.82, 2.24) is 4.57 Å². The summed E-state index contributed by atoms with van der Waals surface area (Å²) < 4.78 is 12.7. The van der Waals surface area contributed by atoms with E-state index in [-0.39, 0.29) is 0 Å². The van der Waals surface area contributed by atoms with Crippen LogP contribution < -0.4 is 4.74 Å². The van der Waals surface area contributed by atoms with E-state index in [1.165, 1.54) is 0 Å². The van der Waals surface area contributed by atoms with Crippen molar-refractivity contribution in [1.29, 1.82) is 0 Å². The van der Waals surface area contributed by atoms with Crippen molar-refractivity contribution in [2.45, 2.75) is 5.03 Å². The molecule has 0 saturated heterocycles. The van der Waals surface area contributed by atoms with Crippen LogP contribution in [0, 0.1) is 0 Å². The molecule has 15 heavy (non-hydrogen) atoms. The van der Waals surface area contributed by atoms with E-state index in [1.54, 1.807) is 25.1 Å². The minimum Gasteiger partial charge on any atom is -0.482 e. The maximum Gasteiger partial charge on any atom is 0.194 e. The van der Waals surface area contributed by atoms with Crippen LogP contribution in [-0.4, -0.2) is 17.9 Å². The largest absolute Gasteiger partial charge is 0.482 e. The van der Waals surface area contributed by atoms with Gasteiger partial charge in [0.1, 0.15) is 5.76 Å². The van der Waals surface area contributed by atoms with Crippen LogP contribution in [0.15, 0.2) is 33.9 Å². The zero-order valence-corrected chi connectivity index (χ0v) is 9.80. The Kier molecular flexibility index (Phi) is 2.77. The van der Waals surface area contributed by atoms with Crippen molar-refractivity contribution >= 4 is 11.8 Å². The molecule has 0 radical (unpaired) electrons. The standard InChI is InChI=1S/C11H13NO2S/c1-12-10(13-2)7-8(11(12)15-3)9-5-4-6-14-9/h4-7H,1-3H3. The molecule has 2 rings (SSSR count). The summed E-state index contributed by atoms with van der Waals surface area (Å²) >= 11 is 1.68. The molecule has 80 valence electrons. The molecule has 0 spiro atoms. The summed E-state index contributed by atoms with van der Waals surface area (Å²) in [5.74, 6) is 1.71. The van der Waals surface area contributed by atoms with E-state index >= 15 is 0 Å². The number of furan rings is 1. The van der Waals surface area contributed by atoms with Crippen LogP contribution in [0.2, 0.25) is 0 Å². The summed E-state index contributed by atoms with van der Waals surface area (Å²) in [6.07, 6.45) is 3.72. The Bertz CT molecular complexity index is 445. The van der Waals surface area contributed by atoms with Gasteiger partial charge in [-0.25, -0.2) is 0 Å². The van der Waals surface area contributed by atoms with Gasteiger partial charge in [-0.2, -0.15) is 0 Å². The Morgan fingerprint density at radius 2 is 2.27 bits per heavy atom. The molecule has 0 N–H and O–H groups in total. The zero-order valence-electron chi connectivity index (χ0n) is 8.98. The SMILES string of the molecule is COc1cc(-c2ccco2)c(SC)n1C. The monoisotopic (exact) mass is 223 g/mol. The molecule has 0 aliphatic carbocycles. The van der Waals surface area contributed by atoms with E-state index in [1.807, 2.05) is 36.1 Å². The van der Waals surface area contributed by atoms with E-state index in [0.717, 1.165) is 22.2 Å². The van der Waals surface area contributed by atoms with Crippen LogP contribution in [0.25, 0.3) is 11.3 Å². The lowest BCUT2D eigenvalue weighted by molar-refractivity contribution is 0.377. The van der Waals surface area contributed by atoms with Crippen molar-refractivity contribution in [3.8, 4) is 17.2 Å². The maximum atomic E-state index is 5.39. The van der Waals surface area contributed by atoms with Gasteiger partial charge in [-0.15, -0.1) is 11.8 Å². The summed E-state index contributed by atoms with van der Waals surface area (Å²) in [6.45, 7) is 0. The predicted octanol–water partition coefficient (Wildman–Crippen LogP) is 3.02. The third kappa shape index (κ3) is 1.65. The van der Waals surface area contributed by atoms with Crippen molar-refractivity contribution in [2.75, 3.05) is 13.4 Å². The highest BCUT2D eigenvalue weighted by Gasteiger charge is 2.15. The first kappa shape index (κ1) is 10.2. The van der Waals surface area contributed by atoms with Gasteiger partial charge in [0.15, 0.2) is 5.88 Å². The molecule has 0 amide bonds. The molecular formula is C11H13NO2S. The number of rotatable bonds is 3. The fourth-order valence-corrected chi connectivity index (χ4v) is 2.36. The average Bonchev–Trinajstić information content (AvgIpc) is 2.84. The number of methoxy groups -OCH3 is 1. The van der Waals surface area contributed by atoms with Gasteiger partial charge in [-0.1, -0.05) is 0 Å². The van der Waals surface area contributed by atoms with Crippen molar-refractivity contribution in [2.24, 2.45) is 7.05 Å². The van der Waals surface area contributed by atoms with Gasteiger partial charge in [-0.3, -0.25) is 0 Å². The molecule has 0 aliphatic heterocycles. The summed E-state index contributed by atoms with van der Waals surface area (Å²) in [5, 5.41) is 1.14. The molecule has 0 aromatic carbocycles. The first-order chi connectivity index (χ1) is 7.27. The van der Waals surface area contributed by atoms with E-state index < -0.39 is 0 Å². The lowest BCUT2D eigenvalue weighted by Crippen LogP contribution is -1.94. The van der Waals surface area contributed by atoms with Crippen LogP contribution in [0.1, 0.15) is 0 Å². The molecule has 0 aliphatic rings. The summed E-state index contributed by atoms with van der Waals surface area (Å²) in [5.41, 5.74) is 1.08. The van der Waals surface area contributed by atoms with Crippen LogP contribution in [-0.2, 0) is 7.05 Å². The molecule has 0 unspecified atom stereocenters. The highest BCUT2D eigenvalue weighted by Crippen LogP contribution is 2.35. The molecule has 4 heteroatoms. The molecule has 2 heterocycles. The minimum atomic E-state index is 0.839. The maximum absolute atomic E-state index is 5.39. The minimum absolute atomic E-state index is 0.839. The lowest BCUT2D eigenvalue weighted by Gasteiger charge is -2.04. The van der Waals surface area contributed by atoms with Gasteiger partial charge < -0.3 is 13.7 Å². The Morgan fingerprint density at radius 3 is 2.80 bits per heavy atom. The molecule has 0 atom stereocenters. The topological polar surface area (TPSA) is 27.3 Å². The number of ether oxygens (including phenoxy) is 1. The molecule has 0 saturated carbocycles. The predicted molar refractivity (Wildman–Crippen MR) is 61.4 cm³/mol. The van der Waals surface area contributed by atoms with E-state index in [9.17, 15) is 0 Å². The highest BCUT2D eigenvalue weighted by molar-refractivity contribution is 7.98. The number of hydrogen-bond donors (Lipinski definition) is 0. The first-order valence-electron chi connectivity index (χ1n) is 4.59. The third-order valence-electron chi connectivity index (χ3n) is 2.32. The average molecular weight is 223 g/mol. The van der Waals surface area contributed by atoms with Crippen LogP contribution >= 0.6 is 11.8 Å². The molecular weight excluding hydrogens is 210 g/mol. The van der Waals surface area contributed by atoms with E-state index in [0.29, 0.717) is 0 Å². The van der Waals surface area contributed by atoms with Crippen LogP contribution in [0.3, 0.4) is 0 Å². The summed E-state index contributed by atoms with van der Waals surface area (Å²) in [7, 11) is 3.66. The lowest BCUT2D eigenvalue weighted by atomic mass is 10.3. The molecule has 0 fully saturated rings. The third-order valence-corrected chi connectivity index (χ3v) is 3.20. The fourth-order valence-electron chi connectivity index (χ4n) is 1.61. The van der Waals surface area contributed by atoms with Gasteiger partial charge in [0, 0.05) is 13.1 Å². The van der Waals surface area contributed by atoms with Gasteiger partial charge in [0.25, 0.3) is 0 Å². The molecule has 2 aromatic rings. The van der Waals surface area contributed by atoms with E-state index in [2.05, 4.69) is 0 Å². The Hall–Kier alpha value is -1.29. The number of hydrogen-bond acceptors (Lipinski definition) is 3. The van der Waals surface area contributed by atoms with Gasteiger partial charge in [0.2, 0.25) is 0 Å². The van der Waals surface area contributed by atoms with Crippen LogP contribution in [0.5, 0.6) is 5.88 Å². The van der Waals surface area contributed by atoms with Gasteiger partial charge in [-0.05, 0) is 18.4 Å². The number of nitrogens with zero attached hydrogens (tertiary/aromatic N) is 1. The molecule has 0 bridgehead atoms. The Labute approximate surface area is 93.0 Å². The highest BCUT2D eigenvalue weighted by atomic mass is 32.2. The molecule has 2 aromatic heterocycles. The van der Waals surface area contributed by atoms with Crippen molar-refractivity contribution < 1.29 is 9.15 Å². The Morgan fingerprint density at radius 1 is 1.47 bits per heavy atom. The van der Waals surface area contributed by atoms with Crippen molar-refractivity contribution in [3.63, 3.8) is 0 Å². The smallest absolute Gasteiger partial charge is 0.194 e. The van der Waals surface area contributed by atoms with Gasteiger partial charge >= 0.3 is 0 Å². The quantitative estimate of drug-likeness (QED) is 0.748. The van der Waals surface area contributed by atoms with Crippen LogP contribution in [0.4, 0.5) is 0 Å². The normalized spacial score (nSPS) is 10.6. The second kappa shape index (κ2) is 4.06. The Balaban J connectivity index is 2.56. The summed E-state index contributed by atoms with van der Waals surface area (Å²) in [4.78, 5) is 0. The zero-order chi connectivity index (χ0) is 10.8. The first-order valence-corrected chi connectivity index (χ1v) is 5.82. The van der Waals surface area contributed by atoms with Gasteiger partial charge in [0.05, 0.1) is 24.0 Å². The number of thioether (sulfide) groups is 1. The molecule has 3 nitrogen and oxygen atoms in total.